The van der Waals surface area contributed by atoms with E-state index in [1.165, 1.54) is 6.07 Å². The second kappa shape index (κ2) is 6.75. The molecule has 0 heterocycles. The lowest BCUT2D eigenvalue weighted by Gasteiger charge is -2.11. The van der Waals surface area contributed by atoms with Crippen LogP contribution in [0.2, 0.25) is 0 Å². The fourth-order valence-corrected chi connectivity index (χ4v) is 3.48. The van der Waals surface area contributed by atoms with E-state index in [1.807, 2.05) is 0 Å². The number of nitrogens with one attached hydrogen (secondary N) is 1. The molecule has 2 aromatic rings. The highest BCUT2D eigenvalue weighted by Gasteiger charge is 2.31. The fourth-order valence-electron chi connectivity index (χ4n) is 1.78. The van der Waals surface area contributed by atoms with Gasteiger partial charge in [0, 0.05) is 4.90 Å². The highest BCUT2D eigenvalue weighted by molar-refractivity contribution is 7.99. The van der Waals surface area contributed by atoms with Gasteiger partial charge in [-0.25, -0.2) is 8.42 Å². The topological polar surface area (TPSA) is 63.2 Å². The third kappa shape index (κ3) is 4.01. The van der Waals surface area contributed by atoms with E-state index in [0.717, 1.165) is 30.0 Å². The predicted molar refractivity (Wildman–Crippen MR) is 83.5 cm³/mol. The summed E-state index contributed by atoms with van der Waals surface area (Å²) in [5.74, 6) is 0. The van der Waals surface area contributed by atoms with Crippen LogP contribution in [-0.2, 0) is 16.2 Å². The van der Waals surface area contributed by atoms with E-state index in [-0.39, 0.29) is 11.3 Å². The number of hydrogen-bond acceptors (Lipinski definition) is 4. The van der Waals surface area contributed by atoms with Crippen LogP contribution in [0.5, 0.6) is 0 Å². The average molecular weight is 373 g/mol. The van der Waals surface area contributed by atoms with Gasteiger partial charge in [0.05, 0.1) is 16.0 Å². The second-order valence-corrected chi connectivity index (χ2v) is 7.07. The maximum atomic E-state index is 12.7. The van der Waals surface area contributed by atoms with Gasteiger partial charge in [-0.3, -0.25) is 9.52 Å². The molecule has 0 bridgehead atoms. The first-order chi connectivity index (χ1) is 11.2. The van der Waals surface area contributed by atoms with Crippen LogP contribution in [0.1, 0.15) is 15.9 Å². The van der Waals surface area contributed by atoms with E-state index in [0.29, 0.717) is 17.2 Å². The summed E-state index contributed by atoms with van der Waals surface area (Å²) in [6, 6.07) is 9.74. The van der Waals surface area contributed by atoms with E-state index >= 15 is 0 Å². The molecule has 0 aliphatic carbocycles. The Kier molecular flexibility index (Phi) is 5.11. The molecule has 126 valence electrons. The molecule has 0 unspecified atom stereocenters. The third-order valence-electron chi connectivity index (χ3n) is 2.92. The highest BCUT2D eigenvalue weighted by Crippen LogP contribution is 2.31. The minimum absolute atomic E-state index is 0.00510. The van der Waals surface area contributed by atoms with Gasteiger partial charge in [-0.15, -0.1) is 11.8 Å². The number of sulfonamides is 1. The molecule has 0 atom stereocenters. The number of anilines is 1. The molecule has 24 heavy (non-hydrogen) atoms. The SMILES string of the molecule is CSc1cc(C=O)c#cc1NS(=O)(=O)c1cccc(C(F)(F)F)c1. The Morgan fingerprint density at radius 3 is 2.50 bits per heavy atom. The van der Waals surface area contributed by atoms with Crippen LogP contribution in [0.4, 0.5) is 18.9 Å². The average Bonchev–Trinajstić information content (AvgIpc) is 2.54. The van der Waals surface area contributed by atoms with Crippen molar-refractivity contribution in [2.24, 2.45) is 0 Å². The zero-order valence-corrected chi connectivity index (χ0v) is 13.8. The van der Waals surface area contributed by atoms with Gasteiger partial charge in [0.2, 0.25) is 0 Å². The fraction of sp³-hybridized carbons (Fsp3) is 0.133. The summed E-state index contributed by atoms with van der Waals surface area (Å²) in [4.78, 5) is 10.6. The number of carbonyl (C=O) groups excluding carboxylic acids is 1. The maximum Gasteiger partial charge on any atom is 0.416 e. The molecule has 9 heteroatoms. The number of carbonyl (C=O) groups is 1. The maximum absolute atomic E-state index is 12.7. The molecule has 0 aromatic heterocycles. The van der Waals surface area contributed by atoms with E-state index < -0.39 is 26.7 Å². The van der Waals surface area contributed by atoms with E-state index in [2.05, 4.69) is 16.9 Å². The van der Waals surface area contributed by atoms with Crippen LogP contribution >= 0.6 is 11.8 Å². The van der Waals surface area contributed by atoms with Crippen LogP contribution in [0.25, 0.3) is 0 Å². The Morgan fingerprint density at radius 2 is 1.92 bits per heavy atom. The number of halogens is 3. The minimum atomic E-state index is -4.65. The Morgan fingerprint density at radius 1 is 1.21 bits per heavy atom. The lowest BCUT2D eigenvalue weighted by molar-refractivity contribution is -0.137. The van der Waals surface area contributed by atoms with Crippen LogP contribution in [0.15, 0.2) is 40.1 Å². The van der Waals surface area contributed by atoms with Gasteiger partial charge in [-0.05, 0) is 36.6 Å². The number of aldehydes is 1. The van der Waals surface area contributed by atoms with Crippen molar-refractivity contribution in [2.75, 3.05) is 11.0 Å². The van der Waals surface area contributed by atoms with Crippen LogP contribution in [-0.4, -0.2) is 21.0 Å². The summed E-state index contributed by atoms with van der Waals surface area (Å²) in [6.45, 7) is 0. The van der Waals surface area contributed by atoms with Crippen molar-refractivity contribution in [1.29, 1.82) is 0 Å². The van der Waals surface area contributed by atoms with Crippen LogP contribution < -0.4 is 4.72 Å². The molecule has 0 radical (unpaired) electrons. The van der Waals surface area contributed by atoms with Crippen molar-refractivity contribution in [1.82, 2.24) is 0 Å². The zero-order valence-electron chi connectivity index (χ0n) is 12.1. The summed E-state index contributed by atoms with van der Waals surface area (Å²) < 4.78 is 65.0. The predicted octanol–water partition coefficient (Wildman–Crippen LogP) is 3.64. The van der Waals surface area contributed by atoms with Crippen LogP contribution in [0, 0.1) is 12.1 Å². The monoisotopic (exact) mass is 373 g/mol. The Labute approximate surface area is 141 Å². The highest BCUT2D eigenvalue weighted by atomic mass is 32.2. The molecule has 0 aliphatic heterocycles. The molecule has 2 aromatic carbocycles. The van der Waals surface area contributed by atoms with Crippen molar-refractivity contribution < 1.29 is 26.4 Å². The lowest BCUT2D eigenvalue weighted by Crippen LogP contribution is -2.15. The summed E-state index contributed by atoms with van der Waals surface area (Å²) in [5.41, 5.74) is -0.880. The zero-order chi connectivity index (χ0) is 18.0. The van der Waals surface area contributed by atoms with Gasteiger partial charge >= 0.3 is 6.18 Å². The number of alkyl halides is 3. The van der Waals surface area contributed by atoms with Crippen molar-refractivity contribution in [3.05, 3.63) is 53.6 Å². The van der Waals surface area contributed by atoms with Gasteiger partial charge in [0.1, 0.15) is 5.69 Å². The van der Waals surface area contributed by atoms with E-state index in [4.69, 9.17) is 0 Å². The third-order valence-corrected chi connectivity index (χ3v) is 5.03. The molecular formula is C15H10F3NO3S2. The first kappa shape index (κ1) is 18.2. The molecule has 4 nitrogen and oxygen atoms in total. The summed E-state index contributed by atoms with van der Waals surface area (Å²) in [7, 11) is -4.25. The van der Waals surface area contributed by atoms with Crippen molar-refractivity contribution in [3.8, 4) is 0 Å². The molecule has 0 saturated heterocycles. The normalized spacial score (nSPS) is 11.7. The Balaban J connectivity index is 2.41. The molecular weight excluding hydrogens is 363 g/mol. The molecule has 1 N–H and O–H groups in total. The quantitative estimate of drug-likeness (QED) is 0.642. The standard InChI is InChI=1S/C15H10F3NO3S2/c1-23-14-7-10(9-20)5-6-13(14)19-24(21,22)12-4-2-3-11(8-12)15(16,17)18/h2-4,7-9,19H,1H3. The number of rotatable bonds is 5. The van der Waals surface area contributed by atoms with Crippen molar-refractivity contribution >= 4 is 33.8 Å². The van der Waals surface area contributed by atoms with Crippen molar-refractivity contribution in [3.63, 3.8) is 0 Å². The number of thioether (sulfide) groups is 1. The first-order valence-electron chi connectivity index (χ1n) is 6.34. The van der Waals surface area contributed by atoms with E-state index in [9.17, 15) is 26.4 Å². The summed E-state index contributed by atoms with van der Waals surface area (Å²) in [6.07, 6.45) is -2.47. The molecule has 0 saturated carbocycles. The van der Waals surface area contributed by atoms with Gasteiger partial charge in [0.15, 0.2) is 6.29 Å². The molecule has 2 rings (SSSR count). The number of benzene rings is 1. The first-order valence-corrected chi connectivity index (χ1v) is 9.05. The lowest BCUT2D eigenvalue weighted by atomic mass is 10.2. The van der Waals surface area contributed by atoms with Crippen molar-refractivity contribution in [2.45, 2.75) is 16.0 Å². The number of hydrogen-bond donors (Lipinski definition) is 1. The molecule has 0 fully saturated rings. The Bertz CT molecular complexity index is 865. The van der Waals surface area contributed by atoms with Gasteiger partial charge < -0.3 is 0 Å². The largest absolute Gasteiger partial charge is 0.416 e. The smallest absolute Gasteiger partial charge is 0.297 e. The van der Waals surface area contributed by atoms with Gasteiger partial charge in [-0.1, -0.05) is 12.1 Å². The Hall–Kier alpha value is -2.18. The van der Waals surface area contributed by atoms with E-state index in [1.54, 1.807) is 6.26 Å². The summed E-state index contributed by atoms with van der Waals surface area (Å²) >= 11 is 1.15. The molecule has 0 aliphatic rings. The van der Waals surface area contributed by atoms with Crippen LogP contribution in [0.3, 0.4) is 0 Å². The second-order valence-electron chi connectivity index (χ2n) is 4.54. The molecule has 0 spiro atoms. The van der Waals surface area contributed by atoms with Gasteiger partial charge in [-0.2, -0.15) is 13.2 Å². The molecule has 0 amide bonds. The summed E-state index contributed by atoms with van der Waals surface area (Å²) in [5, 5.41) is 0. The minimum Gasteiger partial charge on any atom is -0.297 e. The van der Waals surface area contributed by atoms with Gasteiger partial charge in [0.25, 0.3) is 10.0 Å².